The number of rotatable bonds is 18. The Bertz CT molecular complexity index is 6670. The van der Waals surface area contributed by atoms with Crippen molar-refractivity contribution in [1.82, 2.24) is 30.2 Å². The van der Waals surface area contributed by atoms with Gasteiger partial charge in [0, 0.05) is 138 Å². The number of aromatic nitrogens is 5. The van der Waals surface area contributed by atoms with Gasteiger partial charge >= 0.3 is 12.1 Å². The van der Waals surface area contributed by atoms with Gasteiger partial charge < -0.3 is 34.5 Å². The summed E-state index contributed by atoms with van der Waals surface area (Å²) in [6.45, 7) is 0.147. The van der Waals surface area contributed by atoms with E-state index in [1.807, 2.05) is 19.1 Å². The number of carboxylic acid groups (broad SMARTS) is 1. The molecule has 5 N–H and O–H groups in total. The summed E-state index contributed by atoms with van der Waals surface area (Å²) in [4.78, 5) is 127. The topological polar surface area (TPSA) is 527 Å². The Kier molecular flexibility index (Phi) is 40.7. The molecular weight excluding hydrogens is 1980 g/mol. The average Bonchev–Trinajstić information content (AvgIpc) is 1.59. The van der Waals surface area contributed by atoms with Crippen molar-refractivity contribution in [1.29, 1.82) is 21.0 Å². The molecule has 49 heteroatoms. The maximum atomic E-state index is 15.3. The SMILES string of the molecule is Cc1ccc(S(=O)(=O)CC#N)cc1.N#CC1CC(F)(F)C1.N#Cc1ccnc(N2C(=O)CC[C@H]2C(=O)N(c2cc(F)cc(-c3cnco3)c2)C(C(=O)NC2CC(F)(F)C2)c2ccccc2Cl)c1.N#Cc1ccnc(N2C(=O)CC[C@H]2C(=O)O)c1.Nc1cc(F)cc(-c2cnco2)c1.O=Cc1cc(F)cc([N+](=O)[O-])c1.O=Cc1ccccc1Cl.O=[N+]([O-])c1cc(F)cc(-c2cnco2)c1.OCC(F)(F)F.[Zn]. The fourth-order valence-electron chi connectivity index (χ4n) is 12.9. The first-order valence-electron chi connectivity index (χ1n) is 39.9. The normalized spacial score (nSPS) is 14.7. The van der Waals surface area contributed by atoms with Crippen LogP contribution in [0.25, 0.3) is 34.0 Å². The van der Waals surface area contributed by atoms with Crippen molar-refractivity contribution >= 4 is 110 Å². The van der Waals surface area contributed by atoms with E-state index in [0.29, 0.717) is 45.0 Å². The molecule has 2 aliphatic heterocycles. The van der Waals surface area contributed by atoms with Gasteiger partial charge in [0.15, 0.2) is 52.6 Å². The molecule has 34 nitrogen and oxygen atoms in total. The van der Waals surface area contributed by atoms with Gasteiger partial charge in [0.05, 0.1) is 91.8 Å². The maximum absolute atomic E-state index is 15.3. The first kappa shape index (κ1) is 111. The number of hydrogen-bond acceptors (Lipinski definition) is 27. The molecule has 4 amide bonds. The number of aryl methyl sites for hydroxylation is 1. The fraction of sp³-hybridized carbons (Fsp3) is 0.209. The molecule has 140 heavy (non-hydrogen) atoms. The van der Waals surface area contributed by atoms with E-state index in [0.717, 1.165) is 75.4 Å². The molecule has 4 fully saturated rings. The average molecular weight is 2050 g/mol. The zero-order valence-corrected chi connectivity index (χ0v) is 77.5. The van der Waals surface area contributed by atoms with Crippen molar-refractivity contribution in [3.8, 4) is 58.2 Å². The minimum atomic E-state index is -4.40. The number of alkyl halides is 7. The second kappa shape index (κ2) is 51.3. The molecule has 0 spiro atoms. The van der Waals surface area contributed by atoms with Gasteiger partial charge in [-0.05, 0) is 117 Å². The number of nitrogen functional groups attached to an aromatic ring is 1. The number of carbonyl (C=O) groups is 7. The van der Waals surface area contributed by atoms with Crippen LogP contribution in [0.15, 0.2) is 238 Å². The zero-order valence-electron chi connectivity index (χ0n) is 72.2. The Hall–Kier alpha value is -15.9. The molecule has 1 unspecified atom stereocenters. The number of amides is 4. The van der Waals surface area contributed by atoms with E-state index in [2.05, 4.69) is 30.2 Å². The van der Waals surface area contributed by atoms with Crippen molar-refractivity contribution < 1.29 is 143 Å². The number of nitrogens with one attached hydrogen (secondary N) is 1. The zero-order chi connectivity index (χ0) is 102. The number of halogens is 13. The summed E-state index contributed by atoms with van der Waals surface area (Å²) in [6.07, 6.45) is 5.96. The van der Waals surface area contributed by atoms with E-state index in [1.165, 1.54) is 117 Å². The van der Waals surface area contributed by atoms with Crippen molar-refractivity contribution in [2.45, 2.75) is 105 Å². The van der Waals surface area contributed by atoms with Crippen LogP contribution >= 0.6 is 23.2 Å². The Morgan fingerprint density at radius 2 is 1.09 bits per heavy atom. The number of nitriles is 4. The number of nitrogens with zero attached hydrogens (tertiary/aromatic N) is 14. The van der Waals surface area contributed by atoms with Crippen LogP contribution in [0.3, 0.4) is 0 Å². The number of carboxylic acids is 1. The second-order valence-corrected chi connectivity index (χ2v) is 32.3. The molecule has 2 saturated heterocycles. The molecule has 12 aromatic rings. The quantitative estimate of drug-likeness (QED) is 0.0155. The third-order valence-corrected chi connectivity index (χ3v) is 21.5. The van der Waals surface area contributed by atoms with Gasteiger partial charge in [0.1, 0.15) is 71.7 Å². The van der Waals surface area contributed by atoms with Crippen LogP contribution < -0.4 is 25.8 Å². The first-order chi connectivity index (χ1) is 65.8. The van der Waals surface area contributed by atoms with E-state index >= 15 is 4.39 Å². The Morgan fingerprint density at radius 3 is 1.51 bits per heavy atom. The summed E-state index contributed by atoms with van der Waals surface area (Å²) < 4.78 is 174. The molecule has 0 radical (unpaired) electrons. The van der Waals surface area contributed by atoms with Crippen LogP contribution in [0.5, 0.6) is 0 Å². The number of oxazole rings is 3. The standard InChI is InChI=1S/C32H24ClF3N6O4.C11H9N3O3.C9H5FN2O3.C9H7FN2O.C9H9NO2S.C7H5ClO.C7H4FNO3.C5H5F2N.C2H3F3O.Zn/c33-24-4-2-1-3-23(24)29(30(44)40-21-13-32(35,36)14-21)41(22-11-19(10-20(34)12-22)26-16-38-17-46-26)31(45)25-5-6-28(43)42(25)27-9-18(15-37)7-8-39-27;12-6-7-3-4-13-9(5-7)14-8(11(16)17)1-2-10(14)15;10-7-1-6(9-4-11-5-15-9)2-8(3-7)12(13)14;10-7-1-6(2-8(11)3-7)9-4-12-5-13-9;1-8-2-4-9(5-3-8)13(11,12)7-6-10;8-7-4-2-1-3-6(7)5-9;8-6-1-5(4-10)2-7(3-6)9(11)12;6-5(7)1-4(2-5)3-8;3-2(4,5)1-6;/h1-4,7-12,16-17,21,25,29H,5-6,13-14H2,(H,40,44);3-5,8H,1-2H2,(H,16,17);1-5H;1-5H,11H2;2-5H,7H2,1H3;1-5H;1-4H;4H,1-2H2;6H,1H2;/t25-,29?;8-;;;;;;;;/m00......../s1. The van der Waals surface area contributed by atoms with E-state index in [9.17, 15) is 111 Å². The molecule has 0 bridgehead atoms. The molecule has 7 aromatic carbocycles. The number of nitro benzene ring substituents is 2. The third kappa shape index (κ3) is 32.7. The predicted octanol–water partition coefficient (Wildman–Crippen LogP) is 17.7. The first-order valence-corrected chi connectivity index (χ1v) is 42.3. The number of aldehydes is 2. The number of nitro groups is 2. The van der Waals surface area contributed by atoms with Crippen molar-refractivity contribution in [2.24, 2.45) is 5.92 Å². The molecule has 4 aliphatic rings. The van der Waals surface area contributed by atoms with Gasteiger partial charge in [0.25, 0.3) is 29.1 Å². The molecule has 5 aromatic heterocycles. The summed E-state index contributed by atoms with van der Waals surface area (Å²) >= 11 is 12.2. The monoisotopic (exact) mass is 2050 g/mol. The Morgan fingerprint density at radius 1 is 0.636 bits per heavy atom. The third-order valence-electron chi connectivity index (χ3n) is 19.3. The largest absolute Gasteiger partial charge is 0.480 e. The molecule has 16 rings (SSSR count). The predicted molar refractivity (Wildman–Crippen MR) is 472 cm³/mol. The van der Waals surface area contributed by atoms with Gasteiger partial charge in [-0.15, -0.1) is 0 Å². The summed E-state index contributed by atoms with van der Waals surface area (Å²) in [5.74, 6) is -11.2. The van der Waals surface area contributed by atoms with Crippen LogP contribution in [0.1, 0.15) is 100 Å². The summed E-state index contributed by atoms with van der Waals surface area (Å²) in [7, 11) is -3.39. The summed E-state index contributed by atoms with van der Waals surface area (Å²) in [6, 6.07) is 41.7. The molecule has 2 saturated carbocycles. The summed E-state index contributed by atoms with van der Waals surface area (Å²) in [5.41, 5.74) is 8.23. The molecule has 7 heterocycles. The van der Waals surface area contributed by atoms with Gasteiger partial charge in [-0.1, -0.05) is 77.3 Å². The van der Waals surface area contributed by atoms with Gasteiger partial charge in [-0.25, -0.2) is 73.3 Å². The number of carbonyl (C=O) groups excluding carboxylic acids is 6. The van der Waals surface area contributed by atoms with Crippen LogP contribution in [0.2, 0.25) is 10.0 Å². The molecular formula is C91H71Cl2F11N16O18SZn. The van der Waals surface area contributed by atoms with Gasteiger partial charge in [-0.2, -0.15) is 34.2 Å². The number of non-ortho nitro benzene ring substituents is 2. The van der Waals surface area contributed by atoms with E-state index in [4.69, 9.17) is 68.2 Å². The van der Waals surface area contributed by atoms with Gasteiger partial charge in [-0.3, -0.25) is 63.7 Å². The number of hydrogen-bond donors (Lipinski definition) is 4. The number of anilines is 4. The maximum Gasteiger partial charge on any atom is 0.411 e. The minimum Gasteiger partial charge on any atom is -0.480 e. The van der Waals surface area contributed by atoms with Gasteiger partial charge in [0.2, 0.25) is 17.7 Å². The van der Waals surface area contributed by atoms with Crippen molar-refractivity contribution in [2.75, 3.05) is 32.8 Å². The van der Waals surface area contributed by atoms with Crippen LogP contribution in [-0.4, -0.2) is 144 Å². The molecule has 2 aliphatic carbocycles. The number of benzene rings is 7. The second-order valence-electron chi connectivity index (χ2n) is 29.5. The van der Waals surface area contributed by atoms with E-state index in [-0.39, 0.29) is 142 Å². The number of nitrogens with two attached hydrogens (primary N) is 1. The van der Waals surface area contributed by atoms with Crippen molar-refractivity contribution in [3.63, 3.8) is 0 Å². The fourth-order valence-corrected chi connectivity index (χ4v) is 14.2. The van der Waals surface area contributed by atoms with Crippen LogP contribution in [-0.2, 0) is 53.3 Å². The number of sulfone groups is 1. The number of aliphatic carboxylic acids is 1. The van der Waals surface area contributed by atoms with E-state index in [1.54, 1.807) is 66.7 Å². The van der Waals surface area contributed by atoms with Crippen LogP contribution in [0.4, 0.5) is 82.7 Å². The Labute approximate surface area is 808 Å². The number of pyridine rings is 2. The minimum absolute atomic E-state index is 0. The van der Waals surface area contributed by atoms with Crippen LogP contribution in [0, 0.1) is 102 Å². The van der Waals surface area contributed by atoms with E-state index < -0.39 is 134 Å². The molecule has 3 atom stereocenters. The smallest absolute Gasteiger partial charge is 0.411 e. The summed E-state index contributed by atoms with van der Waals surface area (Å²) in [5, 5.41) is 74.6. The molecule has 722 valence electrons. The van der Waals surface area contributed by atoms with Crippen molar-refractivity contribution in [3.05, 3.63) is 307 Å². The number of aliphatic hydroxyl groups is 1. The Balaban J connectivity index is 0.000000235. The number of aliphatic hydroxyl groups excluding tert-OH is 1.